The number of fused-ring (bicyclic) bond motifs is 1. The molecule has 2 aromatic rings. The Morgan fingerprint density at radius 2 is 2.11 bits per heavy atom. The van der Waals surface area contributed by atoms with E-state index >= 15 is 0 Å². The highest BCUT2D eigenvalue weighted by atomic mass is 79.9. The van der Waals surface area contributed by atoms with Gasteiger partial charge in [-0.25, -0.2) is 0 Å². The van der Waals surface area contributed by atoms with E-state index in [1.165, 1.54) is 38.4 Å². The smallest absolute Gasteiger partial charge is 0.0704 e. The fraction of sp³-hybridized carbons (Fsp3) is 0.429. The van der Waals surface area contributed by atoms with Crippen LogP contribution in [0.1, 0.15) is 38.2 Å². The molecule has 3 rings (SSSR count). The standard InChI is InChI=1S/C14H16BrNS2/c1-8-10(7-13(15)17-8)14(16-2)12-6-9-4-3-5-11(9)18-12/h6-7,14,16H,3-5H2,1-2H3. The summed E-state index contributed by atoms with van der Waals surface area (Å²) in [4.78, 5) is 4.47. The van der Waals surface area contributed by atoms with E-state index in [0.29, 0.717) is 6.04 Å². The molecule has 1 N–H and O–H groups in total. The molecule has 0 radical (unpaired) electrons. The van der Waals surface area contributed by atoms with Crippen molar-refractivity contribution in [2.24, 2.45) is 0 Å². The van der Waals surface area contributed by atoms with E-state index in [1.807, 2.05) is 22.7 Å². The highest BCUT2D eigenvalue weighted by molar-refractivity contribution is 9.11. The number of hydrogen-bond acceptors (Lipinski definition) is 3. The molecule has 0 fully saturated rings. The van der Waals surface area contributed by atoms with Gasteiger partial charge in [0.15, 0.2) is 0 Å². The Morgan fingerprint density at radius 3 is 2.72 bits per heavy atom. The minimum Gasteiger partial charge on any atom is -0.309 e. The molecule has 0 aliphatic heterocycles. The molecule has 0 spiro atoms. The van der Waals surface area contributed by atoms with Crippen molar-refractivity contribution in [3.63, 3.8) is 0 Å². The van der Waals surface area contributed by atoms with Crippen LogP contribution < -0.4 is 5.32 Å². The summed E-state index contributed by atoms with van der Waals surface area (Å²) in [7, 11) is 2.06. The number of aryl methyl sites for hydroxylation is 3. The molecule has 18 heavy (non-hydrogen) atoms. The SMILES string of the molecule is CNC(c1cc2c(s1)CCC2)c1cc(Br)sc1C. The first-order valence-corrected chi connectivity index (χ1v) is 8.66. The van der Waals surface area contributed by atoms with E-state index in [2.05, 4.69) is 47.4 Å². The number of nitrogens with one attached hydrogen (secondary N) is 1. The molecule has 4 heteroatoms. The lowest BCUT2D eigenvalue weighted by Crippen LogP contribution is -2.16. The van der Waals surface area contributed by atoms with Gasteiger partial charge < -0.3 is 5.32 Å². The van der Waals surface area contributed by atoms with Gasteiger partial charge in [-0.15, -0.1) is 22.7 Å². The number of halogens is 1. The highest BCUT2D eigenvalue weighted by Gasteiger charge is 2.22. The maximum Gasteiger partial charge on any atom is 0.0704 e. The van der Waals surface area contributed by atoms with Crippen LogP contribution in [0.25, 0.3) is 0 Å². The van der Waals surface area contributed by atoms with E-state index in [0.717, 1.165) is 0 Å². The predicted molar refractivity (Wildman–Crippen MR) is 84.0 cm³/mol. The first kappa shape index (κ1) is 12.9. The molecule has 1 unspecified atom stereocenters. The third-order valence-corrected chi connectivity index (χ3v) is 6.45. The highest BCUT2D eigenvalue weighted by Crippen LogP contribution is 2.39. The molecule has 0 saturated carbocycles. The number of rotatable bonds is 3. The largest absolute Gasteiger partial charge is 0.309 e. The molecular formula is C14H16BrNS2. The van der Waals surface area contributed by atoms with Crippen LogP contribution in [0.15, 0.2) is 15.9 Å². The van der Waals surface area contributed by atoms with Gasteiger partial charge in [0.05, 0.1) is 9.83 Å². The number of thiophene rings is 2. The predicted octanol–water partition coefficient (Wildman–Crippen LogP) is 4.68. The quantitative estimate of drug-likeness (QED) is 0.854. The van der Waals surface area contributed by atoms with Crippen LogP contribution >= 0.6 is 38.6 Å². The fourth-order valence-electron chi connectivity index (χ4n) is 2.69. The molecular weight excluding hydrogens is 326 g/mol. The van der Waals surface area contributed by atoms with Gasteiger partial charge in [-0.2, -0.15) is 0 Å². The number of hydrogen-bond donors (Lipinski definition) is 1. The van der Waals surface area contributed by atoms with Gasteiger partial charge in [0.25, 0.3) is 0 Å². The van der Waals surface area contributed by atoms with Crippen molar-refractivity contribution in [3.8, 4) is 0 Å². The lowest BCUT2D eigenvalue weighted by molar-refractivity contribution is 0.702. The summed E-state index contributed by atoms with van der Waals surface area (Å²) in [6, 6.07) is 5.02. The van der Waals surface area contributed by atoms with Gasteiger partial charge in [-0.3, -0.25) is 0 Å². The second kappa shape index (κ2) is 5.08. The van der Waals surface area contributed by atoms with E-state index in [1.54, 1.807) is 10.4 Å². The van der Waals surface area contributed by atoms with Crippen LogP contribution in [0.4, 0.5) is 0 Å². The average molecular weight is 342 g/mol. The topological polar surface area (TPSA) is 12.0 Å². The minimum absolute atomic E-state index is 0.350. The van der Waals surface area contributed by atoms with Crippen molar-refractivity contribution in [3.05, 3.63) is 41.7 Å². The molecule has 1 atom stereocenters. The third-order valence-electron chi connectivity index (χ3n) is 3.58. The Labute approximate surface area is 124 Å². The van der Waals surface area contributed by atoms with Gasteiger partial charge in [0.1, 0.15) is 0 Å². The van der Waals surface area contributed by atoms with Gasteiger partial charge in [-0.05, 0) is 72.4 Å². The average Bonchev–Trinajstić information content (AvgIpc) is 2.95. The molecule has 0 amide bonds. The zero-order chi connectivity index (χ0) is 12.7. The van der Waals surface area contributed by atoms with Crippen LogP contribution in [0.2, 0.25) is 0 Å². The van der Waals surface area contributed by atoms with Crippen LogP contribution in [-0.4, -0.2) is 7.05 Å². The summed E-state index contributed by atoms with van der Waals surface area (Å²) in [5.41, 5.74) is 3.00. The zero-order valence-electron chi connectivity index (χ0n) is 10.5. The monoisotopic (exact) mass is 341 g/mol. The molecule has 1 nitrogen and oxygen atoms in total. The van der Waals surface area contributed by atoms with Crippen molar-refractivity contribution in [2.45, 2.75) is 32.2 Å². The maximum atomic E-state index is 3.59. The van der Waals surface area contributed by atoms with Crippen molar-refractivity contribution < 1.29 is 0 Å². The van der Waals surface area contributed by atoms with Crippen molar-refractivity contribution in [2.75, 3.05) is 7.05 Å². The van der Waals surface area contributed by atoms with Crippen LogP contribution in [0.5, 0.6) is 0 Å². The van der Waals surface area contributed by atoms with E-state index in [4.69, 9.17) is 0 Å². The van der Waals surface area contributed by atoms with E-state index in [9.17, 15) is 0 Å². The maximum absolute atomic E-state index is 3.59. The normalized spacial score (nSPS) is 15.9. The summed E-state index contributed by atoms with van der Waals surface area (Å²) in [5, 5.41) is 3.47. The summed E-state index contributed by atoms with van der Waals surface area (Å²) in [5.74, 6) is 0. The van der Waals surface area contributed by atoms with Gasteiger partial charge >= 0.3 is 0 Å². The Morgan fingerprint density at radius 1 is 1.28 bits per heavy atom. The van der Waals surface area contributed by atoms with Crippen molar-refractivity contribution >= 4 is 38.6 Å². The Balaban J connectivity index is 1.99. The van der Waals surface area contributed by atoms with Crippen molar-refractivity contribution in [1.29, 1.82) is 0 Å². The molecule has 1 aliphatic carbocycles. The summed E-state index contributed by atoms with van der Waals surface area (Å²) >= 11 is 7.41. The van der Waals surface area contributed by atoms with E-state index in [-0.39, 0.29) is 0 Å². The molecule has 2 aromatic heterocycles. The first-order valence-electron chi connectivity index (χ1n) is 6.23. The van der Waals surface area contributed by atoms with E-state index < -0.39 is 0 Å². The Hall–Kier alpha value is -0.160. The molecule has 96 valence electrons. The molecule has 0 saturated heterocycles. The van der Waals surface area contributed by atoms with Crippen LogP contribution in [-0.2, 0) is 12.8 Å². The lowest BCUT2D eigenvalue weighted by Gasteiger charge is -2.14. The second-order valence-corrected chi connectivity index (χ2v) is 8.54. The fourth-order valence-corrected chi connectivity index (χ4v) is 5.83. The summed E-state index contributed by atoms with van der Waals surface area (Å²) < 4.78 is 1.22. The zero-order valence-corrected chi connectivity index (χ0v) is 13.8. The third kappa shape index (κ3) is 2.20. The Kier molecular flexibility index (Phi) is 3.63. The molecule has 0 aromatic carbocycles. The van der Waals surface area contributed by atoms with Crippen LogP contribution in [0, 0.1) is 6.92 Å². The lowest BCUT2D eigenvalue weighted by atomic mass is 10.1. The van der Waals surface area contributed by atoms with Crippen LogP contribution in [0.3, 0.4) is 0 Å². The summed E-state index contributed by atoms with van der Waals surface area (Å²) in [6.07, 6.45) is 3.89. The molecule has 2 heterocycles. The first-order chi connectivity index (χ1) is 8.69. The molecule has 0 bridgehead atoms. The van der Waals surface area contributed by atoms with Gasteiger partial charge in [0.2, 0.25) is 0 Å². The van der Waals surface area contributed by atoms with Gasteiger partial charge in [0, 0.05) is 14.6 Å². The summed E-state index contributed by atoms with van der Waals surface area (Å²) in [6.45, 7) is 2.20. The Bertz CT molecular complexity index is 549. The van der Waals surface area contributed by atoms with Gasteiger partial charge in [-0.1, -0.05) is 0 Å². The molecule has 1 aliphatic rings. The second-order valence-electron chi connectivity index (χ2n) is 4.73. The van der Waals surface area contributed by atoms with Crippen molar-refractivity contribution in [1.82, 2.24) is 5.32 Å². The minimum atomic E-state index is 0.350.